The van der Waals surface area contributed by atoms with Crippen molar-refractivity contribution in [2.75, 3.05) is 0 Å². The van der Waals surface area contributed by atoms with E-state index in [4.69, 9.17) is 16.7 Å². The summed E-state index contributed by atoms with van der Waals surface area (Å²) in [5, 5.41) is 16.7. The van der Waals surface area contributed by atoms with E-state index in [9.17, 15) is 9.18 Å². The number of fused-ring (bicyclic) bond motifs is 1. The smallest absolute Gasteiger partial charge is 0.338 e. The van der Waals surface area contributed by atoms with E-state index in [1.165, 1.54) is 22.9 Å². The molecule has 0 aliphatic heterocycles. The van der Waals surface area contributed by atoms with E-state index in [1.807, 2.05) is 0 Å². The number of hydrogen-bond acceptors (Lipinski definition) is 3. The lowest BCUT2D eigenvalue weighted by Crippen LogP contribution is -2.01. The van der Waals surface area contributed by atoms with Gasteiger partial charge in [0.25, 0.3) is 0 Å². The van der Waals surface area contributed by atoms with Crippen molar-refractivity contribution in [2.24, 2.45) is 0 Å². The first-order valence-corrected chi connectivity index (χ1v) is 5.99. The zero-order valence-electron chi connectivity index (χ0n) is 9.92. The zero-order chi connectivity index (χ0) is 14.3. The highest BCUT2D eigenvalue weighted by atomic mass is 35.5. The molecule has 0 aliphatic rings. The molecule has 5 nitrogen and oxygen atoms in total. The van der Waals surface area contributed by atoms with Crippen LogP contribution >= 0.6 is 11.6 Å². The first-order valence-electron chi connectivity index (χ1n) is 5.61. The van der Waals surface area contributed by atoms with E-state index in [0.717, 1.165) is 0 Å². The average molecular weight is 292 g/mol. The van der Waals surface area contributed by atoms with Crippen LogP contribution in [0.25, 0.3) is 16.7 Å². The van der Waals surface area contributed by atoms with E-state index in [2.05, 4.69) is 10.3 Å². The fourth-order valence-electron chi connectivity index (χ4n) is 1.95. The molecule has 0 radical (unpaired) electrons. The average Bonchev–Trinajstić information content (AvgIpc) is 2.85. The maximum atomic E-state index is 14.0. The van der Waals surface area contributed by atoms with Gasteiger partial charge in [-0.1, -0.05) is 28.9 Å². The Balaban J connectivity index is 2.31. The summed E-state index contributed by atoms with van der Waals surface area (Å²) in [4.78, 5) is 11.1. The van der Waals surface area contributed by atoms with Gasteiger partial charge in [0, 0.05) is 0 Å². The Kier molecular flexibility index (Phi) is 2.87. The number of halogens is 2. The summed E-state index contributed by atoms with van der Waals surface area (Å²) in [7, 11) is 0. The fraction of sp³-hybridized carbons (Fsp3) is 0. The van der Waals surface area contributed by atoms with Gasteiger partial charge in [-0.2, -0.15) is 0 Å². The Labute approximate surface area is 117 Å². The molecule has 0 atom stereocenters. The van der Waals surface area contributed by atoms with E-state index < -0.39 is 11.8 Å². The highest BCUT2D eigenvalue weighted by molar-refractivity contribution is 6.30. The van der Waals surface area contributed by atoms with Crippen LogP contribution in [0.5, 0.6) is 0 Å². The van der Waals surface area contributed by atoms with Gasteiger partial charge in [-0.25, -0.2) is 13.9 Å². The number of nitrogens with zero attached hydrogens (tertiary/aromatic N) is 3. The summed E-state index contributed by atoms with van der Waals surface area (Å²) in [6.45, 7) is 0. The van der Waals surface area contributed by atoms with Crippen LogP contribution in [0.15, 0.2) is 36.4 Å². The minimum absolute atomic E-state index is 0.0104. The molecule has 3 rings (SSSR count). The first-order chi connectivity index (χ1) is 9.59. The van der Waals surface area contributed by atoms with Crippen molar-refractivity contribution >= 4 is 28.6 Å². The Hall–Kier alpha value is -2.47. The Morgan fingerprint density at radius 1 is 1.25 bits per heavy atom. The van der Waals surface area contributed by atoms with Crippen LogP contribution in [0.4, 0.5) is 4.39 Å². The van der Waals surface area contributed by atoms with Crippen molar-refractivity contribution in [3.05, 3.63) is 52.8 Å². The van der Waals surface area contributed by atoms with Gasteiger partial charge in [0.15, 0.2) is 5.82 Å². The molecule has 3 aromatic rings. The van der Waals surface area contributed by atoms with Crippen molar-refractivity contribution in [1.29, 1.82) is 0 Å². The molecule has 100 valence electrons. The number of rotatable bonds is 2. The highest BCUT2D eigenvalue weighted by Crippen LogP contribution is 2.24. The Morgan fingerprint density at radius 2 is 2.00 bits per heavy atom. The van der Waals surface area contributed by atoms with E-state index in [-0.39, 0.29) is 21.8 Å². The number of aromatic nitrogens is 3. The zero-order valence-corrected chi connectivity index (χ0v) is 10.7. The number of carboxylic acid groups (broad SMARTS) is 1. The molecular weight excluding hydrogens is 285 g/mol. The van der Waals surface area contributed by atoms with E-state index in [0.29, 0.717) is 5.52 Å². The molecule has 0 unspecified atom stereocenters. The van der Waals surface area contributed by atoms with Crippen molar-refractivity contribution in [2.45, 2.75) is 0 Å². The standard InChI is InChI=1S/C13H7ClFN3O2/c14-8-4-2-5-9(11(8)15)18-10-6-1-3-7(13(19)20)12(10)16-17-18/h1-6H,(H,19,20). The summed E-state index contributed by atoms with van der Waals surface area (Å²) < 4.78 is 15.2. The van der Waals surface area contributed by atoms with Gasteiger partial charge in [0.2, 0.25) is 0 Å². The molecule has 2 aromatic carbocycles. The normalized spacial score (nSPS) is 10.9. The van der Waals surface area contributed by atoms with Crippen LogP contribution in [0, 0.1) is 5.82 Å². The van der Waals surface area contributed by atoms with Gasteiger partial charge in [0.05, 0.1) is 16.1 Å². The lowest BCUT2D eigenvalue weighted by Gasteiger charge is -2.05. The lowest BCUT2D eigenvalue weighted by molar-refractivity contribution is 0.0699. The quantitative estimate of drug-likeness (QED) is 0.788. The molecule has 1 N–H and O–H groups in total. The Bertz CT molecular complexity index is 832. The van der Waals surface area contributed by atoms with Gasteiger partial charge >= 0.3 is 5.97 Å². The molecule has 1 aromatic heterocycles. The largest absolute Gasteiger partial charge is 0.478 e. The second kappa shape index (κ2) is 4.57. The monoisotopic (exact) mass is 291 g/mol. The third-order valence-corrected chi connectivity index (χ3v) is 3.16. The van der Waals surface area contributed by atoms with Gasteiger partial charge in [-0.15, -0.1) is 5.10 Å². The summed E-state index contributed by atoms with van der Waals surface area (Å²) in [6.07, 6.45) is 0. The third kappa shape index (κ3) is 1.81. The number of benzene rings is 2. The van der Waals surface area contributed by atoms with Crippen LogP contribution in [0.2, 0.25) is 5.02 Å². The molecule has 0 saturated heterocycles. The number of carbonyl (C=O) groups is 1. The maximum absolute atomic E-state index is 14.0. The number of aromatic carboxylic acids is 1. The van der Waals surface area contributed by atoms with Crippen LogP contribution in [0.1, 0.15) is 10.4 Å². The molecule has 1 heterocycles. The van der Waals surface area contributed by atoms with Crippen molar-refractivity contribution < 1.29 is 14.3 Å². The van der Waals surface area contributed by atoms with Gasteiger partial charge in [0.1, 0.15) is 11.2 Å². The molecule has 7 heteroatoms. The van der Waals surface area contributed by atoms with E-state index in [1.54, 1.807) is 18.2 Å². The second-order valence-corrected chi connectivity index (χ2v) is 4.46. The topological polar surface area (TPSA) is 68.0 Å². The van der Waals surface area contributed by atoms with Crippen LogP contribution in [0.3, 0.4) is 0 Å². The van der Waals surface area contributed by atoms with Crippen molar-refractivity contribution in [1.82, 2.24) is 15.0 Å². The first kappa shape index (κ1) is 12.6. The highest BCUT2D eigenvalue weighted by Gasteiger charge is 2.17. The summed E-state index contributed by atoms with van der Waals surface area (Å²) in [5.74, 6) is -1.75. The van der Waals surface area contributed by atoms with Crippen LogP contribution in [-0.4, -0.2) is 26.1 Å². The predicted octanol–water partition coefficient (Wildman–Crippen LogP) is 2.91. The molecule has 0 amide bonds. The predicted molar refractivity (Wildman–Crippen MR) is 70.8 cm³/mol. The minimum Gasteiger partial charge on any atom is -0.478 e. The third-order valence-electron chi connectivity index (χ3n) is 2.87. The Morgan fingerprint density at radius 3 is 2.75 bits per heavy atom. The minimum atomic E-state index is -1.12. The molecule has 0 spiro atoms. The fourth-order valence-corrected chi connectivity index (χ4v) is 2.12. The maximum Gasteiger partial charge on any atom is 0.338 e. The van der Waals surface area contributed by atoms with Gasteiger partial charge in [-0.3, -0.25) is 0 Å². The molecule has 0 bridgehead atoms. The van der Waals surface area contributed by atoms with Gasteiger partial charge in [-0.05, 0) is 24.3 Å². The van der Waals surface area contributed by atoms with Crippen LogP contribution < -0.4 is 0 Å². The number of hydrogen-bond donors (Lipinski definition) is 1. The molecule has 0 aliphatic carbocycles. The summed E-state index contributed by atoms with van der Waals surface area (Å²) >= 11 is 5.73. The van der Waals surface area contributed by atoms with Gasteiger partial charge < -0.3 is 5.11 Å². The van der Waals surface area contributed by atoms with Crippen LogP contribution in [-0.2, 0) is 0 Å². The SMILES string of the molecule is O=C(O)c1cccc2c1nnn2-c1cccc(Cl)c1F. The summed E-state index contributed by atoms with van der Waals surface area (Å²) in [6, 6.07) is 9.06. The molecular formula is C13H7ClFN3O2. The van der Waals surface area contributed by atoms with Crippen molar-refractivity contribution in [3.8, 4) is 5.69 Å². The second-order valence-electron chi connectivity index (χ2n) is 4.05. The molecule has 0 fully saturated rings. The molecule has 0 saturated carbocycles. The number of carboxylic acids is 1. The van der Waals surface area contributed by atoms with Crippen molar-refractivity contribution in [3.63, 3.8) is 0 Å². The van der Waals surface area contributed by atoms with E-state index >= 15 is 0 Å². The lowest BCUT2D eigenvalue weighted by atomic mass is 10.2. The molecule has 20 heavy (non-hydrogen) atoms. The summed E-state index contributed by atoms with van der Waals surface area (Å²) in [5.41, 5.74) is 0.712.